The smallest absolute Gasteiger partial charge is 0.123 e. The lowest BCUT2D eigenvalue weighted by molar-refractivity contribution is 0.431. The molecule has 0 aliphatic carbocycles. The van der Waals surface area contributed by atoms with Gasteiger partial charge in [0.2, 0.25) is 0 Å². The Balaban J connectivity index is 0.000000151. The van der Waals surface area contributed by atoms with E-state index >= 15 is 0 Å². The van der Waals surface area contributed by atoms with Crippen LogP contribution in [0.2, 0.25) is 0 Å². The van der Waals surface area contributed by atoms with Gasteiger partial charge in [0.15, 0.2) is 0 Å². The Morgan fingerprint density at radius 3 is 1.46 bits per heavy atom. The molecular formula is C22H28F2N2. The van der Waals surface area contributed by atoms with Crippen LogP contribution in [0.1, 0.15) is 50.7 Å². The second kappa shape index (κ2) is 7.85. The molecule has 2 saturated heterocycles. The summed E-state index contributed by atoms with van der Waals surface area (Å²) in [6.45, 7) is 6.34. The highest BCUT2D eigenvalue weighted by atomic mass is 19.1. The molecule has 2 nitrogen and oxygen atoms in total. The third kappa shape index (κ3) is 4.30. The normalized spacial score (nSPS) is 27.8. The van der Waals surface area contributed by atoms with E-state index in [1.165, 1.54) is 25.0 Å². The van der Waals surface area contributed by atoms with Gasteiger partial charge in [0.05, 0.1) is 0 Å². The number of hydrogen-bond acceptors (Lipinski definition) is 2. The fourth-order valence-electron chi connectivity index (χ4n) is 3.95. The molecule has 140 valence electrons. The third-order valence-electron chi connectivity index (χ3n) is 5.66. The van der Waals surface area contributed by atoms with E-state index in [1.807, 2.05) is 12.1 Å². The molecule has 4 rings (SSSR count). The summed E-state index contributed by atoms with van der Waals surface area (Å²) in [7, 11) is 0. The number of hydrogen-bond donors (Lipinski definition) is 2. The van der Waals surface area contributed by atoms with Crippen LogP contribution in [0.4, 0.5) is 8.78 Å². The first-order valence-electron chi connectivity index (χ1n) is 9.43. The first kappa shape index (κ1) is 19.0. The maximum absolute atomic E-state index is 13.0. The van der Waals surface area contributed by atoms with Crippen molar-refractivity contribution >= 4 is 0 Å². The minimum Gasteiger partial charge on any atom is -0.308 e. The summed E-state index contributed by atoms with van der Waals surface area (Å²) in [6.07, 6.45) is 4.53. The molecule has 0 saturated carbocycles. The van der Waals surface area contributed by atoms with E-state index < -0.39 is 0 Å². The van der Waals surface area contributed by atoms with E-state index in [4.69, 9.17) is 0 Å². The monoisotopic (exact) mass is 358 g/mol. The van der Waals surface area contributed by atoms with Crippen molar-refractivity contribution < 1.29 is 8.78 Å². The van der Waals surface area contributed by atoms with Crippen molar-refractivity contribution in [2.75, 3.05) is 13.1 Å². The van der Waals surface area contributed by atoms with Crippen LogP contribution in [0.25, 0.3) is 0 Å². The Kier molecular flexibility index (Phi) is 5.73. The zero-order valence-corrected chi connectivity index (χ0v) is 15.6. The van der Waals surface area contributed by atoms with Gasteiger partial charge >= 0.3 is 0 Å². The molecule has 0 amide bonds. The predicted octanol–water partition coefficient (Wildman–Crippen LogP) is 4.85. The third-order valence-corrected chi connectivity index (χ3v) is 5.66. The highest BCUT2D eigenvalue weighted by molar-refractivity contribution is 5.26. The fourth-order valence-corrected chi connectivity index (χ4v) is 3.95. The molecule has 4 heteroatoms. The standard InChI is InChI=1S/2C11H14FN/c2*1-11(6-3-7-13-11)9-4-2-5-10(12)8-9/h2*2,4-5,8,13H,3,6-7H2,1H3. The second-order valence-corrected chi connectivity index (χ2v) is 7.75. The molecule has 2 fully saturated rings. The van der Waals surface area contributed by atoms with Crippen LogP contribution in [0.15, 0.2) is 48.5 Å². The molecule has 0 spiro atoms. The van der Waals surface area contributed by atoms with Gasteiger partial charge in [-0.25, -0.2) is 8.78 Å². The molecule has 0 radical (unpaired) electrons. The van der Waals surface area contributed by atoms with Gasteiger partial charge in [0.25, 0.3) is 0 Å². The highest BCUT2D eigenvalue weighted by Crippen LogP contribution is 2.31. The van der Waals surface area contributed by atoms with Crippen LogP contribution in [-0.4, -0.2) is 13.1 Å². The number of halogens is 2. The summed E-state index contributed by atoms with van der Waals surface area (Å²) >= 11 is 0. The molecule has 2 atom stereocenters. The highest BCUT2D eigenvalue weighted by Gasteiger charge is 2.30. The summed E-state index contributed by atoms with van der Waals surface area (Å²) in [5, 5.41) is 6.82. The van der Waals surface area contributed by atoms with Crippen LogP contribution in [0, 0.1) is 11.6 Å². The molecule has 26 heavy (non-hydrogen) atoms. The Morgan fingerprint density at radius 1 is 0.731 bits per heavy atom. The van der Waals surface area contributed by atoms with Crippen LogP contribution < -0.4 is 10.6 Å². The van der Waals surface area contributed by atoms with Gasteiger partial charge in [-0.05, 0) is 88.0 Å². The van der Waals surface area contributed by atoms with Crippen molar-refractivity contribution in [3.05, 3.63) is 71.3 Å². The SMILES string of the molecule is CC1(c2cccc(F)c2)CCCN1.CC1(c2cccc(F)c2)CCCN1. The molecule has 2 unspecified atom stereocenters. The van der Waals surface area contributed by atoms with Crippen LogP contribution in [0.3, 0.4) is 0 Å². The number of benzene rings is 2. The molecule has 0 aromatic heterocycles. The van der Waals surface area contributed by atoms with E-state index in [-0.39, 0.29) is 22.7 Å². The Morgan fingerprint density at radius 2 is 1.15 bits per heavy atom. The zero-order chi connectivity index (χ0) is 18.6. The maximum Gasteiger partial charge on any atom is 0.123 e. The molecule has 2 aliphatic rings. The Bertz CT molecular complexity index is 669. The molecule has 2 aliphatic heterocycles. The summed E-state index contributed by atoms with van der Waals surface area (Å²) in [5.41, 5.74) is 2.10. The van der Waals surface area contributed by atoms with Gasteiger partial charge in [-0.15, -0.1) is 0 Å². The largest absolute Gasteiger partial charge is 0.308 e. The van der Waals surface area contributed by atoms with E-state index in [9.17, 15) is 8.78 Å². The van der Waals surface area contributed by atoms with Gasteiger partial charge in [-0.3, -0.25) is 0 Å². The lowest BCUT2D eigenvalue weighted by Gasteiger charge is -2.24. The first-order chi connectivity index (χ1) is 12.4. The van der Waals surface area contributed by atoms with E-state index in [0.29, 0.717) is 0 Å². The van der Waals surface area contributed by atoms with Gasteiger partial charge in [-0.1, -0.05) is 24.3 Å². The van der Waals surface area contributed by atoms with Crippen molar-refractivity contribution in [3.63, 3.8) is 0 Å². The van der Waals surface area contributed by atoms with Crippen molar-refractivity contribution in [1.29, 1.82) is 0 Å². The zero-order valence-electron chi connectivity index (χ0n) is 15.6. The van der Waals surface area contributed by atoms with Crippen molar-refractivity contribution in [2.24, 2.45) is 0 Å². The van der Waals surface area contributed by atoms with Gasteiger partial charge in [0.1, 0.15) is 11.6 Å². The van der Waals surface area contributed by atoms with E-state index in [1.54, 1.807) is 24.3 Å². The predicted molar refractivity (Wildman–Crippen MR) is 102 cm³/mol. The van der Waals surface area contributed by atoms with Gasteiger partial charge < -0.3 is 10.6 Å². The summed E-state index contributed by atoms with van der Waals surface area (Å²) in [5.74, 6) is -0.292. The summed E-state index contributed by atoms with van der Waals surface area (Å²) in [6, 6.07) is 13.7. The van der Waals surface area contributed by atoms with E-state index in [0.717, 1.165) is 37.1 Å². The Hall–Kier alpha value is -1.78. The lowest BCUT2D eigenvalue weighted by Crippen LogP contribution is -2.33. The van der Waals surface area contributed by atoms with Crippen LogP contribution in [-0.2, 0) is 11.1 Å². The quantitative estimate of drug-likeness (QED) is 0.802. The number of rotatable bonds is 2. The summed E-state index contributed by atoms with van der Waals surface area (Å²) < 4.78 is 25.9. The molecule has 2 heterocycles. The van der Waals surface area contributed by atoms with Crippen molar-refractivity contribution in [1.82, 2.24) is 10.6 Å². The number of nitrogens with one attached hydrogen (secondary N) is 2. The Labute approximate surface area is 155 Å². The van der Waals surface area contributed by atoms with Crippen LogP contribution >= 0.6 is 0 Å². The molecule has 0 bridgehead atoms. The van der Waals surface area contributed by atoms with Gasteiger partial charge in [-0.2, -0.15) is 0 Å². The van der Waals surface area contributed by atoms with E-state index in [2.05, 4.69) is 24.5 Å². The second-order valence-electron chi connectivity index (χ2n) is 7.75. The minimum absolute atomic E-state index is 0.0118. The molecule has 2 aromatic rings. The maximum atomic E-state index is 13.0. The fraction of sp³-hybridized carbons (Fsp3) is 0.455. The molecular weight excluding hydrogens is 330 g/mol. The van der Waals surface area contributed by atoms with Crippen molar-refractivity contribution in [2.45, 2.75) is 50.6 Å². The minimum atomic E-state index is -0.146. The topological polar surface area (TPSA) is 24.1 Å². The molecule has 2 N–H and O–H groups in total. The average Bonchev–Trinajstić information content (AvgIpc) is 3.26. The van der Waals surface area contributed by atoms with Crippen molar-refractivity contribution in [3.8, 4) is 0 Å². The lowest BCUT2D eigenvalue weighted by atomic mass is 9.91. The average molecular weight is 358 g/mol. The van der Waals surface area contributed by atoms with Crippen LogP contribution in [0.5, 0.6) is 0 Å². The molecule has 2 aromatic carbocycles. The van der Waals surface area contributed by atoms with Gasteiger partial charge in [0, 0.05) is 11.1 Å². The summed E-state index contributed by atoms with van der Waals surface area (Å²) in [4.78, 5) is 0. The first-order valence-corrected chi connectivity index (χ1v) is 9.43.